The van der Waals surface area contributed by atoms with Crippen molar-refractivity contribution >= 4 is 35.1 Å². The van der Waals surface area contributed by atoms with Gasteiger partial charge in [0.2, 0.25) is 0 Å². The standard InChI is InChI=1S/C26H27.C24H27.C2H7Si.2ClH.Zr/c1-17-9-22-3-2-4-24(25(22)10-17)21-5-7-23(8-6-21)26-14-18-11-19(15-26)13-20(12-18)16-26;1-24(2,3)21-13-11-18(12-14-21)22-10-6-9-19-15-20(16-23(19)22)17-7-4-5-8-17;1-3-2;;;/h2-10,18-20H,11-16H2,1H3;6,9-17H,4-5,7-8H2,1-3H3;3H,1-2H3;2*1H;/q;;;;;+2/p-2. The van der Waals surface area contributed by atoms with E-state index in [0.29, 0.717) is 11.3 Å². The van der Waals surface area contributed by atoms with E-state index in [1.54, 1.807) is 11.1 Å². The molecule has 0 radical (unpaired) electrons. The molecule has 4 aromatic rings. The summed E-state index contributed by atoms with van der Waals surface area (Å²) in [4.78, 5) is 0. The van der Waals surface area contributed by atoms with Crippen LogP contribution >= 0.6 is 17.0 Å². The quantitative estimate of drug-likeness (QED) is 0.162. The Morgan fingerprint density at radius 1 is 0.643 bits per heavy atom. The van der Waals surface area contributed by atoms with Gasteiger partial charge in [-0.25, -0.2) is 0 Å². The van der Waals surface area contributed by atoms with Crippen molar-refractivity contribution in [3.05, 3.63) is 129 Å². The number of halogens is 2. The molecule has 2 unspecified atom stereocenters. The maximum atomic E-state index is 8.86. The van der Waals surface area contributed by atoms with Gasteiger partial charge in [0, 0.05) is 0 Å². The zero-order chi connectivity index (χ0) is 38.8. The van der Waals surface area contributed by atoms with Gasteiger partial charge in [-0.2, -0.15) is 0 Å². The molecule has 5 fully saturated rings. The minimum atomic E-state index is -4.87. The average molecular weight is 876 g/mol. The molecule has 0 heterocycles. The topological polar surface area (TPSA) is 0 Å². The van der Waals surface area contributed by atoms with E-state index in [2.05, 4.69) is 138 Å². The number of fused-ring (bicyclic) bond motifs is 2. The number of hydrogen-bond acceptors (Lipinski definition) is 0. The molecule has 5 saturated carbocycles. The van der Waals surface area contributed by atoms with Gasteiger partial charge in [-0.3, -0.25) is 0 Å². The molecule has 0 nitrogen and oxygen atoms in total. The van der Waals surface area contributed by atoms with Crippen LogP contribution in [0.1, 0.15) is 133 Å². The molecule has 0 spiro atoms. The molecule has 2 atom stereocenters. The summed E-state index contributed by atoms with van der Waals surface area (Å²) in [6, 6.07) is 33.4. The van der Waals surface area contributed by atoms with E-state index in [0.717, 1.165) is 17.8 Å². The molecular formula is C52H61Cl2SiZr. The van der Waals surface area contributed by atoms with Crippen molar-refractivity contribution < 1.29 is 15.6 Å². The third-order valence-corrected chi connectivity index (χ3v) is 68.3. The Morgan fingerprint density at radius 3 is 1.66 bits per heavy atom. The second-order valence-corrected chi connectivity index (χ2v) is 63.5. The second-order valence-electron chi connectivity index (χ2n) is 21.0. The predicted molar refractivity (Wildman–Crippen MR) is 242 cm³/mol. The third-order valence-electron chi connectivity index (χ3n) is 16.3. The van der Waals surface area contributed by atoms with Crippen LogP contribution in [0, 0.1) is 23.7 Å². The molecule has 11 rings (SSSR count). The van der Waals surface area contributed by atoms with Crippen LogP contribution in [0.4, 0.5) is 0 Å². The fourth-order valence-corrected chi connectivity index (χ4v) is 45.9. The first-order valence-corrected chi connectivity index (χ1v) is 38.5. The van der Waals surface area contributed by atoms with Gasteiger partial charge in [0.1, 0.15) is 0 Å². The van der Waals surface area contributed by atoms with Gasteiger partial charge in [-0.05, 0) is 0 Å². The number of allylic oxidation sites excluding steroid dienone is 2. The Labute approximate surface area is 346 Å². The summed E-state index contributed by atoms with van der Waals surface area (Å²) in [7, 11) is 17.7. The van der Waals surface area contributed by atoms with E-state index in [1.807, 2.05) is 0 Å². The van der Waals surface area contributed by atoms with Gasteiger partial charge >= 0.3 is 349 Å². The summed E-state index contributed by atoms with van der Waals surface area (Å²) in [6.45, 7) is 14.3. The maximum absolute atomic E-state index is 8.86. The molecule has 7 aliphatic rings. The van der Waals surface area contributed by atoms with Gasteiger partial charge in [0.25, 0.3) is 0 Å². The van der Waals surface area contributed by atoms with Crippen molar-refractivity contribution in [2.75, 3.05) is 0 Å². The van der Waals surface area contributed by atoms with Gasteiger partial charge in [-0.15, -0.1) is 0 Å². The van der Waals surface area contributed by atoms with Crippen molar-refractivity contribution in [2.24, 2.45) is 23.7 Å². The third kappa shape index (κ3) is 5.86. The predicted octanol–water partition coefficient (Wildman–Crippen LogP) is 15.6. The Hall–Kier alpha value is -1.96. The molecule has 7 aliphatic carbocycles. The van der Waals surface area contributed by atoms with Crippen LogP contribution in [0.15, 0.2) is 96.1 Å². The first kappa shape index (κ1) is 38.3. The summed E-state index contributed by atoms with van der Waals surface area (Å²) in [5, 5.41) is 0. The number of rotatable bonds is 7. The van der Waals surface area contributed by atoms with E-state index in [4.69, 9.17) is 17.0 Å². The van der Waals surface area contributed by atoms with Crippen molar-refractivity contribution in [3.63, 3.8) is 0 Å². The fraction of sp³-hybridized carbons (Fsp3) is 0.462. The summed E-state index contributed by atoms with van der Waals surface area (Å²) in [6.07, 6.45) is 18.9. The molecule has 0 amide bonds. The van der Waals surface area contributed by atoms with E-state index >= 15 is 0 Å². The van der Waals surface area contributed by atoms with Crippen LogP contribution in [0.5, 0.6) is 0 Å². The molecule has 4 aromatic carbocycles. The molecule has 4 heteroatoms. The normalized spacial score (nSPS) is 28.9. The zero-order valence-corrected chi connectivity index (χ0v) is 39.7. The molecule has 291 valence electrons. The summed E-state index contributed by atoms with van der Waals surface area (Å²) in [5.74, 6) is 1.79. The summed E-state index contributed by atoms with van der Waals surface area (Å²) >= 11 is -4.87. The Morgan fingerprint density at radius 2 is 1.14 bits per heavy atom. The van der Waals surface area contributed by atoms with Crippen molar-refractivity contribution in [2.45, 2.75) is 123 Å². The fourth-order valence-electron chi connectivity index (χ4n) is 13.9. The van der Waals surface area contributed by atoms with E-state index < -0.39 is 21.5 Å². The molecule has 0 N–H and O–H groups in total. The van der Waals surface area contributed by atoms with Crippen molar-refractivity contribution in [1.82, 2.24) is 0 Å². The first-order chi connectivity index (χ1) is 26.7. The number of benzene rings is 4. The van der Waals surface area contributed by atoms with Gasteiger partial charge in [-0.1, -0.05) is 0 Å². The Balaban J connectivity index is 1.06. The van der Waals surface area contributed by atoms with Gasteiger partial charge in [0.05, 0.1) is 0 Å². The van der Waals surface area contributed by atoms with E-state index in [9.17, 15) is 0 Å². The molecule has 0 saturated heterocycles. The van der Waals surface area contributed by atoms with E-state index in [-0.39, 0.29) is 12.7 Å². The van der Waals surface area contributed by atoms with Crippen molar-refractivity contribution in [3.8, 4) is 22.3 Å². The number of hydrogen-bond donors (Lipinski definition) is 0. The average Bonchev–Trinajstić information content (AvgIpc) is 3.92. The Kier molecular flexibility index (Phi) is 9.24. The van der Waals surface area contributed by atoms with Crippen LogP contribution in [0.25, 0.3) is 34.4 Å². The summed E-state index contributed by atoms with van der Waals surface area (Å²) in [5.41, 5.74) is 17.3. The van der Waals surface area contributed by atoms with Crippen LogP contribution in [0.2, 0.25) is 13.1 Å². The van der Waals surface area contributed by atoms with Gasteiger partial charge in [0.15, 0.2) is 0 Å². The van der Waals surface area contributed by atoms with Crippen molar-refractivity contribution in [1.29, 1.82) is 0 Å². The van der Waals surface area contributed by atoms with Crippen LogP contribution in [0.3, 0.4) is 0 Å². The molecule has 0 aromatic heterocycles. The van der Waals surface area contributed by atoms with E-state index in [1.165, 1.54) is 120 Å². The summed E-state index contributed by atoms with van der Waals surface area (Å²) < 4.78 is 0.254. The SMILES string of the molecule is CC1=Cc2c(-c3ccc(C45CC6CC(CC(C6)C4)C5)cc3)cccc2[CH]1[Zr]([Cl])([Cl])([CH]1C(C2CCCC2)=Cc2c(-c3ccc(C(C)(C)C)cc3)cccc21)[SiH](C)C. The van der Waals surface area contributed by atoms with Crippen LogP contribution in [-0.4, -0.2) is 5.92 Å². The molecular weight excluding hydrogens is 815 g/mol. The molecule has 0 aliphatic heterocycles. The molecule has 4 bridgehead atoms. The molecule has 56 heavy (non-hydrogen) atoms. The minimum absolute atomic E-state index is 0.114. The van der Waals surface area contributed by atoms with Gasteiger partial charge < -0.3 is 0 Å². The first-order valence-electron chi connectivity index (χ1n) is 22.2. The zero-order valence-electron chi connectivity index (χ0n) is 34.6. The second kappa shape index (κ2) is 13.5. The van der Waals surface area contributed by atoms with Crippen LogP contribution < -0.4 is 0 Å². The van der Waals surface area contributed by atoms with Crippen LogP contribution in [-0.2, 0) is 26.4 Å². The Bertz CT molecular complexity index is 2230. The monoisotopic (exact) mass is 873 g/mol.